The van der Waals surface area contributed by atoms with Crippen molar-refractivity contribution in [3.8, 4) is 11.4 Å². The van der Waals surface area contributed by atoms with Gasteiger partial charge in [-0.05, 0) is 6.42 Å². The minimum atomic E-state index is -5.08. The van der Waals surface area contributed by atoms with Crippen LogP contribution in [0, 0.1) is 0 Å². The highest BCUT2D eigenvalue weighted by Crippen LogP contribution is 2.17. The molecule has 0 amide bonds. The molecule has 14 heteroatoms. The van der Waals surface area contributed by atoms with Crippen LogP contribution in [0.25, 0.3) is 11.4 Å². The lowest BCUT2D eigenvalue weighted by molar-refractivity contribution is -0.193. The van der Waals surface area contributed by atoms with Gasteiger partial charge in [-0.2, -0.15) is 26.3 Å². The molecular formula is C18H19F6N3O5. The van der Waals surface area contributed by atoms with Gasteiger partial charge in [-0.25, -0.2) is 14.6 Å². The van der Waals surface area contributed by atoms with Crippen molar-refractivity contribution >= 4 is 11.9 Å². The first-order valence-electron chi connectivity index (χ1n) is 8.80. The SMILES string of the molecule is O=C(O)C(F)(F)F.O=C(O)C(F)(F)F.O[C@@H]1CCN(Cc2cnc(-c3ccccc3)[nH]2)C1. The fraction of sp³-hybridized carbons (Fsp3) is 0.389. The van der Waals surface area contributed by atoms with E-state index in [9.17, 15) is 31.4 Å². The molecule has 1 fully saturated rings. The number of carboxylic acid groups (broad SMARTS) is 2. The van der Waals surface area contributed by atoms with Gasteiger partial charge < -0.3 is 20.3 Å². The molecule has 1 aromatic heterocycles. The molecular weight excluding hydrogens is 452 g/mol. The number of carbonyl (C=O) groups is 2. The van der Waals surface area contributed by atoms with Gasteiger partial charge in [-0.1, -0.05) is 30.3 Å². The van der Waals surface area contributed by atoms with E-state index in [2.05, 4.69) is 14.9 Å². The minimum Gasteiger partial charge on any atom is -0.475 e. The average Bonchev–Trinajstić information content (AvgIpc) is 3.31. The highest BCUT2D eigenvalue weighted by Gasteiger charge is 2.38. The Balaban J connectivity index is 0.000000305. The maximum Gasteiger partial charge on any atom is 0.490 e. The molecule has 0 unspecified atom stereocenters. The second-order valence-corrected chi connectivity index (χ2v) is 6.41. The molecule has 32 heavy (non-hydrogen) atoms. The molecule has 1 atom stereocenters. The van der Waals surface area contributed by atoms with Crippen LogP contribution >= 0.6 is 0 Å². The number of alkyl halides is 6. The first-order chi connectivity index (χ1) is 14.7. The third kappa shape index (κ3) is 9.78. The molecule has 1 aliphatic rings. The number of aliphatic carboxylic acids is 2. The lowest BCUT2D eigenvalue weighted by atomic mass is 10.2. The zero-order valence-corrected chi connectivity index (χ0v) is 16.2. The van der Waals surface area contributed by atoms with Gasteiger partial charge in [-0.3, -0.25) is 4.90 Å². The van der Waals surface area contributed by atoms with E-state index in [4.69, 9.17) is 19.8 Å². The lowest BCUT2D eigenvalue weighted by Gasteiger charge is -2.12. The van der Waals surface area contributed by atoms with Crippen molar-refractivity contribution in [3.05, 3.63) is 42.2 Å². The summed E-state index contributed by atoms with van der Waals surface area (Å²) in [6.45, 7) is 2.55. The van der Waals surface area contributed by atoms with Crippen LogP contribution in [-0.2, 0) is 16.1 Å². The Bertz CT molecular complexity index is 846. The van der Waals surface area contributed by atoms with Gasteiger partial charge in [-0.15, -0.1) is 0 Å². The average molecular weight is 471 g/mol. The molecule has 1 aromatic carbocycles. The van der Waals surface area contributed by atoms with E-state index in [0.717, 1.165) is 43.1 Å². The van der Waals surface area contributed by atoms with Crippen molar-refractivity contribution in [2.24, 2.45) is 0 Å². The third-order valence-corrected chi connectivity index (χ3v) is 3.80. The predicted octanol–water partition coefficient (Wildman–Crippen LogP) is 2.91. The van der Waals surface area contributed by atoms with Crippen LogP contribution < -0.4 is 0 Å². The summed E-state index contributed by atoms with van der Waals surface area (Å²) in [7, 11) is 0. The molecule has 1 saturated heterocycles. The number of hydrogen-bond acceptors (Lipinski definition) is 5. The van der Waals surface area contributed by atoms with E-state index in [-0.39, 0.29) is 6.10 Å². The van der Waals surface area contributed by atoms with Crippen LogP contribution in [0.3, 0.4) is 0 Å². The fourth-order valence-corrected chi connectivity index (χ4v) is 2.38. The summed E-state index contributed by atoms with van der Waals surface area (Å²) in [4.78, 5) is 27.8. The third-order valence-electron chi connectivity index (χ3n) is 3.80. The topological polar surface area (TPSA) is 127 Å². The molecule has 2 aromatic rings. The molecule has 0 radical (unpaired) electrons. The lowest BCUT2D eigenvalue weighted by Crippen LogP contribution is -2.21. The van der Waals surface area contributed by atoms with Gasteiger partial charge in [0.2, 0.25) is 0 Å². The van der Waals surface area contributed by atoms with Crippen LogP contribution in [0.1, 0.15) is 12.1 Å². The summed E-state index contributed by atoms with van der Waals surface area (Å²) < 4.78 is 63.5. The Hall–Kier alpha value is -3.13. The van der Waals surface area contributed by atoms with E-state index in [1.54, 1.807) is 0 Å². The molecule has 0 aliphatic carbocycles. The van der Waals surface area contributed by atoms with Crippen LogP contribution in [0.5, 0.6) is 0 Å². The maximum atomic E-state index is 10.6. The molecule has 0 saturated carbocycles. The van der Waals surface area contributed by atoms with Gasteiger partial charge in [0, 0.05) is 37.1 Å². The molecule has 4 N–H and O–H groups in total. The second-order valence-electron chi connectivity index (χ2n) is 6.41. The molecule has 2 heterocycles. The Labute approximate surface area is 177 Å². The van der Waals surface area contributed by atoms with E-state index in [0.29, 0.717) is 0 Å². The quantitative estimate of drug-likeness (QED) is 0.507. The van der Waals surface area contributed by atoms with Crippen molar-refractivity contribution in [3.63, 3.8) is 0 Å². The largest absolute Gasteiger partial charge is 0.490 e. The van der Waals surface area contributed by atoms with Crippen LogP contribution in [0.2, 0.25) is 0 Å². The fourth-order valence-electron chi connectivity index (χ4n) is 2.38. The van der Waals surface area contributed by atoms with Gasteiger partial charge in [0.15, 0.2) is 0 Å². The number of aromatic amines is 1. The van der Waals surface area contributed by atoms with E-state index < -0.39 is 24.3 Å². The minimum absolute atomic E-state index is 0.165. The summed E-state index contributed by atoms with van der Waals surface area (Å²) in [6, 6.07) is 10.1. The van der Waals surface area contributed by atoms with Gasteiger partial charge in [0.05, 0.1) is 6.10 Å². The van der Waals surface area contributed by atoms with E-state index >= 15 is 0 Å². The highest BCUT2D eigenvalue weighted by molar-refractivity contribution is 5.73. The smallest absolute Gasteiger partial charge is 0.475 e. The van der Waals surface area contributed by atoms with Crippen LogP contribution in [-0.4, -0.2) is 73.7 Å². The number of carboxylic acids is 2. The molecule has 3 rings (SSSR count). The van der Waals surface area contributed by atoms with Crippen molar-refractivity contribution in [1.29, 1.82) is 0 Å². The van der Waals surface area contributed by atoms with Crippen molar-refractivity contribution in [1.82, 2.24) is 14.9 Å². The summed E-state index contributed by atoms with van der Waals surface area (Å²) in [5.41, 5.74) is 2.20. The number of halogens is 6. The zero-order chi connectivity index (χ0) is 24.5. The molecule has 0 spiro atoms. The summed E-state index contributed by atoms with van der Waals surface area (Å²) in [5.74, 6) is -4.61. The number of hydrogen-bond donors (Lipinski definition) is 4. The molecule has 1 aliphatic heterocycles. The number of nitrogens with one attached hydrogen (secondary N) is 1. The summed E-state index contributed by atoms with van der Waals surface area (Å²) >= 11 is 0. The molecule has 8 nitrogen and oxygen atoms in total. The van der Waals surface area contributed by atoms with Gasteiger partial charge in [0.25, 0.3) is 0 Å². The predicted molar refractivity (Wildman–Crippen MR) is 97.3 cm³/mol. The normalized spacial score (nSPS) is 16.4. The Morgan fingerprint density at radius 2 is 1.53 bits per heavy atom. The number of rotatable bonds is 3. The monoisotopic (exact) mass is 471 g/mol. The Morgan fingerprint density at radius 3 is 1.94 bits per heavy atom. The second kappa shape index (κ2) is 11.5. The van der Waals surface area contributed by atoms with Crippen LogP contribution in [0.15, 0.2) is 36.5 Å². The summed E-state index contributed by atoms with van der Waals surface area (Å²) in [6.07, 6.45) is -7.58. The standard InChI is InChI=1S/C14H17N3O.2C2HF3O2/c18-13-6-7-17(10-13)9-12-8-15-14(16-12)11-4-2-1-3-5-11;2*3-2(4,5)1(6)7/h1-5,8,13,18H,6-7,9-10H2,(H,15,16);2*(H,6,7)/t13-;;/m1../s1. The van der Waals surface area contributed by atoms with E-state index in [1.807, 2.05) is 36.5 Å². The number of benzene rings is 1. The van der Waals surface area contributed by atoms with E-state index in [1.165, 1.54) is 0 Å². The Kier molecular flexibility index (Phi) is 9.65. The van der Waals surface area contributed by atoms with Crippen LogP contribution in [0.4, 0.5) is 26.3 Å². The van der Waals surface area contributed by atoms with Crippen molar-refractivity contribution in [2.45, 2.75) is 31.4 Å². The number of imidazole rings is 1. The van der Waals surface area contributed by atoms with Gasteiger partial charge >= 0.3 is 24.3 Å². The van der Waals surface area contributed by atoms with Crippen molar-refractivity contribution < 1.29 is 51.3 Å². The molecule has 0 bridgehead atoms. The maximum absolute atomic E-state index is 10.6. The number of H-pyrrole nitrogens is 1. The zero-order valence-electron chi connectivity index (χ0n) is 16.2. The molecule has 178 valence electrons. The first kappa shape index (κ1) is 26.9. The number of likely N-dealkylation sites (tertiary alicyclic amines) is 1. The van der Waals surface area contributed by atoms with Gasteiger partial charge in [0.1, 0.15) is 5.82 Å². The van der Waals surface area contributed by atoms with Crippen molar-refractivity contribution in [2.75, 3.05) is 13.1 Å². The number of aromatic nitrogens is 2. The first-order valence-corrected chi connectivity index (χ1v) is 8.80. The Morgan fingerprint density at radius 1 is 1.03 bits per heavy atom. The summed E-state index contributed by atoms with van der Waals surface area (Å²) in [5, 5.41) is 23.7. The number of β-amino-alcohol motifs (C(OH)–C–C–N with tert-alkyl or cyclic N) is 1. The number of aliphatic hydroxyl groups is 1. The highest BCUT2D eigenvalue weighted by atomic mass is 19.4. The number of aliphatic hydroxyl groups excluding tert-OH is 1. The number of nitrogens with zero attached hydrogens (tertiary/aromatic N) is 2.